The highest BCUT2D eigenvalue weighted by atomic mass is 19.4. The van der Waals surface area contributed by atoms with Crippen molar-refractivity contribution in [3.8, 4) is 0 Å². The summed E-state index contributed by atoms with van der Waals surface area (Å²) in [6, 6.07) is 1.34. The maximum atomic E-state index is 13.0. The average Bonchev–Trinajstić information content (AvgIpc) is 2.41. The molecule has 1 aromatic rings. The molecule has 2 atom stereocenters. The molecule has 0 heterocycles. The zero-order valence-electron chi connectivity index (χ0n) is 12.0. The first-order valence-electron chi connectivity index (χ1n) is 6.59. The van der Waals surface area contributed by atoms with Crippen LogP contribution in [0.4, 0.5) is 26.3 Å². The second-order valence-corrected chi connectivity index (χ2v) is 5.21. The van der Waals surface area contributed by atoms with Crippen molar-refractivity contribution in [3.63, 3.8) is 0 Å². The summed E-state index contributed by atoms with van der Waals surface area (Å²) in [7, 11) is 0. The lowest BCUT2D eigenvalue weighted by Crippen LogP contribution is -2.25. The molecule has 9 heteroatoms. The third-order valence-electron chi connectivity index (χ3n) is 3.49. The molecule has 0 amide bonds. The molecule has 0 aliphatic heterocycles. The van der Waals surface area contributed by atoms with E-state index in [1.807, 2.05) is 0 Å². The van der Waals surface area contributed by atoms with Crippen molar-refractivity contribution in [2.75, 3.05) is 6.54 Å². The van der Waals surface area contributed by atoms with Gasteiger partial charge < -0.3 is 10.8 Å². The summed E-state index contributed by atoms with van der Waals surface area (Å²) in [6.07, 6.45) is -10.1. The summed E-state index contributed by atoms with van der Waals surface area (Å²) in [5.41, 5.74) is 2.05. The van der Waals surface area contributed by atoms with Crippen molar-refractivity contribution >= 4 is 5.97 Å². The van der Waals surface area contributed by atoms with Gasteiger partial charge in [-0.1, -0.05) is 13.0 Å². The van der Waals surface area contributed by atoms with Crippen molar-refractivity contribution in [3.05, 3.63) is 34.9 Å². The minimum atomic E-state index is -4.98. The zero-order chi connectivity index (χ0) is 18.0. The number of aliphatic carboxylic acids is 1. The molecule has 3 nitrogen and oxygen atoms in total. The number of carboxylic acids is 1. The number of alkyl halides is 6. The van der Waals surface area contributed by atoms with Crippen LogP contribution in [0.15, 0.2) is 18.2 Å². The van der Waals surface area contributed by atoms with Crippen LogP contribution in [-0.2, 0) is 17.1 Å². The van der Waals surface area contributed by atoms with Gasteiger partial charge in [0, 0.05) is 6.54 Å². The van der Waals surface area contributed by atoms with Gasteiger partial charge in [-0.15, -0.1) is 0 Å². The standard InChI is InChI=1S/C14H15F6NO2/c1-7(4-8(6-21)12(22)23)10-3-2-9(13(15,16)17)5-11(10)14(18,19)20/h2-3,5,7-8H,4,6,21H2,1H3,(H,22,23). The molecule has 0 spiro atoms. The van der Waals surface area contributed by atoms with Gasteiger partial charge in [-0.3, -0.25) is 4.79 Å². The van der Waals surface area contributed by atoms with E-state index in [9.17, 15) is 31.1 Å². The summed E-state index contributed by atoms with van der Waals surface area (Å²) in [5.74, 6) is -3.26. The van der Waals surface area contributed by atoms with E-state index >= 15 is 0 Å². The third-order valence-corrected chi connectivity index (χ3v) is 3.49. The molecular weight excluding hydrogens is 328 g/mol. The van der Waals surface area contributed by atoms with Crippen LogP contribution in [0.2, 0.25) is 0 Å². The van der Waals surface area contributed by atoms with Crippen LogP contribution in [0.25, 0.3) is 0 Å². The van der Waals surface area contributed by atoms with E-state index in [1.54, 1.807) is 0 Å². The Hall–Kier alpha value is -1.77. The summed E-state index contributed by atoms with van der Waals surface area (Å²) >= 11 is 0. The van der Waals surface area contributed by atoms with E-state index in [1.165, 1.54) is 6.92 Å². The van der Waals surface area contributed by atoms with Crippen molar-refractivity contribution in [2.24, 2.45) is 11.7 Å². The molecule has 1 rings (SSSR count). The lowest BCUT2D eigenvalue weighted by Gasteiger charge is -2.22. The van der Waals surface area contributed by atoms with E-state index in [-0.39, 0.29) is 24.6 Å². The number of halogens is 6. The maximum Gasteiger partial charge on any atom is 0.416 e. The Morgan fingerprint density at radius 3 is 2.13 bits per heavy atom. The first-order valence-corrected chi connectivity index (χ1v) is 6.59. The fraction of sp³-hybridized carbons (Fsp3) is 0.500. The minimum Gasteiger partial charge on any atom is -0.481 e. The molecule has 2 unspecified atom stereocenters. The van der Waals surface area contributed by atoms with Gasteiger partial charge in [-0.2, -0.15) is 26.3 Å². The van der Waals surface area contributed by atoms with E-state index in [2.05, 4.69) is 0 Å². The molecule has 1 aromatic carbocycles. The minimum absolute atomic E-state index is 0.0457. The summed E-state index contributed by atoms with van der Waals surface area (Å²) < 4.78 is 76.9. The summed E-state index contributed by atoms with van der Waals surface area (Å²) in [6.45, 7) is 1.05. The highest BCUT2D eigenvalue weighted by molar-refractivity contribution is 5.70. The van der Waals surface area contributed by atoms with Crippen molar-refractivity contribution in [1.82, 2.24) is 0 Å². The van der Waals surface area contributed by atoms with Crippen LogP contribution < -0.4 is 5.73 Å². The predicted molar refractivity (Wildman–Crippen MR) is 69.7 cm³/mol. The number of nitrogens with two attached hydrogens (primary N) is 1. The largest absolute Gasteiger partial charge is 0.481 e. The van der Waals surface area contributed by atoms with E-state index in [4.69, 9.17) is 10.8 Å². The van der Waals surface area contributed by atoms with Crippen LogP contribution in [0.5, 0.6) is 0 Å². The first-order chi connectivity index (χ1) is 10.4. The van der Waals surface area contributed by atoms with Gasteiger partial charge in [0.25, 0.3) is 0 Å². The van der Waals surface area contributed by atoms with Crippen molar-refractivity contribution < 1.29 is 36.2 Å². The van der Waals surface area contributed by atoms with Gasteiger partial charge in [-0.25, -0.2) is 0 Å². The second kappa shape index (κ2) is 6.77. The van der Waals surface area contributed by atoms with Crippen LogP contribution in [0.3, 0.4) is 0 Å². The van der Waals surface area contributed by atoms with Crippen LogP contribution in [0.1, 0.15) is 36.0 Å². The molecule has 0 saturated heterocycles. The number of hydrogen-bond donors (Lipinski definition) is 2. The normalized spacial score (nSPS) is 15.3. The fourth-order valence-electron chi connectivity index (χ4n) is 2.26. The monoisotopic (exact) mass is 343 g/mol. The van der Waals surface area contributed by atoms with Gasteiger partial charge >= 0.3 is 18.3 Å². The SMILES string of the molecule is CC(CC(CN)C(=O)O)c1ccc(C(F)(F)F)cc1C(F)(F)F. The Kier molecular flexibility index (Phi) is 5.68. The number of carbonyl (C=O) groups is 1. The molecular formula is C14H15F6NO2. The molecule has 0 aromatic heterocycles. The zero-order valence-corrected chi connectivity index (χ0v) is 12.0. The smallest absolute Gasteiger partial charge is 0.416 e. The molecule has 0 fully saturated rings. The maximum absolute atomic E-state index is 13.0. The first kappa shape index (κ1) is 19.3. The van der Waals surface area contributed by atoms with Gasteiger partial charge in [0.05, 0.1) is 17.0 Å². The number of rotatable bonds is 5. The van der Waals surface area contributed by atoms with Gasteiger partial charge in [0.1, 0.15) is 0 Å². The Bertz CT molecular complexity index is 567. The molecule has 0 aliphatic rings. The van der Waals surface area contributed by atoms with Gasteiger partial charge in [0.2, 0.25) is 0 Å². The van der Waals surface area contributed by atoms with Gasteiger partial charge in [0.15, 0.2) is 0 Å². The lowest BCUT2D eigenvalue weighted by atomic mass is 9.86. The van der Waals surface area contributed by atoms with E-state index < -0.39 is 41.3 Å². The molecule has 130 valence electrons. The molecule has 0 aliphatic carbocycles. The number of carboxylic acid groups (broad SMARTS) is 1. The van der Waals surface area contributed by atoms with Crippen molar-refractivity contribution in [2.45, 2.75) is 31.6 Å². The Morgan fingerprint density at radius 1 is 1.17 bits per heavy atom. The highest BCUT2D eigenvalue weighted by Crippen LogP contribution is 2.40. The molecule has 0 bridgehead atoms. The summed E-state index contributed by atoms with van der Waals surface area (Å²) in [5, 5.41) is 8.90. The average molecular weight is 343 g/mol. The molecule has 0 saturated carbocycles. The fourth-order valence-corrected chi connectivity index (χ4v) is 2.26. The number of benzene rings is 1. The highest BCUT2D eigenvalue weighted by Gasteiger charge is 2.39. The summed E-state index contributed by atoms with van der Waals surface area (Å²) in [4.78, 5) is 10.9. The Labute approximate surface area is 128 Å². The number of hydrogen-bond acceptors (Lipinski definition) is 2. The topological polar surface area (TPSA) is 63.3 Å². The van der Waals surface area contributed by atoms with E-state index in [0.29, 0.717) is 6.07 Å². The Balaban J connectivity index is 3.27. The van der Waals surface area contributed by atoms with Crippen LogP contribution >= 0.6 is 0 Å². The van der Waals surface area contributed by atoms with Gasteiger partial charge in [-0.05, 0) is 30.0 Å². The molecule has 23 heavy (non-hydrogen) atoms. The van der Waals surface area contributed by atoms with Crippen LogP contribution in [0, 0.1) is 5.92 Å². The van der Waals surface area contributed by atoms with Crippen molar-refractivity contribution in [1.29, 1.82) is 0 Å². The van der Waals surface area contributed by atoms with E-state index in [0.717, 1.165) is 6.07 Å². The predicted octanol–water partition coefficient (Wildman–Crippen LogP) is 3.88. The lowest BCUT2D eigenvalue weighted by molar-refractivity contribution is -0.143. The second-order valence-electron chi connectivity index (χ2n) is 5.21. The van der Waals surface area contributed by atoms with Crippen LogP contribution in [-0.4, -0.2) is 17.6 Å². The quantitative estimate of drug-likeness (QED) is 0.798. The third kappa shape index (κ3) is 4.85. The Morgan fingerprint density at radius 2 is 1.74 bits per heavy atom. The molecule has 3 N–H and O–H groups in total. The molecule has 0 radical (unpaired) electrons.